The highest BCUT2D eigenvalue weighted by Crippen LogP contribution is 2.32. The Balaban J connectivity index is 0.000000296. The minimum atomic E-state index is -0.956. The third-order valence-corrected chi connectivity index (χ3v) is 6.21. The Morgan fingerprint density at radius 2 is 1.88 bits per heavy atom. The lowest BCUT2D eigenvalue weighted by Crippen LogP contribution is -2.18. The van der Waals surface area contributed by atoms with E-state index >= 15 is 0 Å². The minimum Gasteiger partial charge on any atom is -0.497 e. The van der Waals surface area contributed by atoms with Crippen molar-refractivity contribution in [1.82, 2.24) is 25.4 Å². The van der Waals surface area contributed by atoms with Gasteiger partial charge in [-0.2, -0.15) is 4.98 Å². The van der Waals surface area contributed by atoms with Gasteiger partial charge in [0.25, 0.3) is 11.8 Å². The molecule has 4 N–H and O–H groups in total. The summed E-state index contributed by atoms with van der Waals surface area (Å²) in [6.45, 7) is 2.08. The predicted octanol–water partition coefficient (Wildman–Crippen LogP) is 4.70. The maximum absolute atomic E-state index is 14.4. The number of nitrogens with one attached hydrogen (secondary N) is 2. The molecule has 3 heterocycles. The molecule has 0 aliphatic carbocycles. The highest BCUT2D eigenvalue weighted by molar-refractivity contribution is 7.13. The summed E-state index contributed by atoms with van der Waals surface area (Å²) in [4.78, 5) is 35.2. The van der Waals surface area contributed by atoms with E-state index in [-0.39, 0.29) is 40.3 Å². The summed E-state index contributed by atoms with van der Waals surface area (Å²) in [6.07, 6.45) is 3.41. The van der Waals surface area contributed by atoms with Gasteiger partial charge in [-0.3, -0.25) is 14.6 Å². The van der Waals surface area contributed by atoms with Crippen molar-refractivity contribution in [3.8, 4) is 27.9 Å². The van der Waals surface area contributed by atoms with Gasteiger partial charge in [0, 0.05) is 37.5 Å². The van der Waals surface area contributed by atoms with Crippen molar-refractivity contribution in [2.24, 2.45) is 0 Å². The van der Waals surface area contributed by atoms with Gasteiger partial charge in [-0.15, -0.1) is 11.3 Å². The predicted molar refractivity (Wildman–Crippen MR) is 148 cm³/mol. The van der Waals surface area contributed by atoms with Gasteiger partial charge in [0.1, 0.15) is 28.1 Å². The molecule has 0 aliphatic heterocycles. The summed E-state index contributed by atoms with van der Waals surface area (Å²) in [5, 5.41) is 8.82. The molecule has 0 atom stereocenters. The average Bonchev–Trinajstić information content (AvgIpc) is 3.63. The van der Waals surface area contributed by atoms with Crippen molar-refractivity contribution in [3.63, 3.8) is 0 Å². The van der Waals surface area contributed by atoms with Crippen LogP contribution in [0.5, 0.6) is 5.75 Å². The average molecular weight is 580 g/mol. The van der Waals surface area contributed by atoms with Crippen LogP contribution in [0.25, 0.3) is 22.2 Å². The lowest BCUT2D eigenvalue weighted by atomic mass is 10.1. The fourth-order valence-corrected chi connectivity index (χ4v) is 3.97. The molecule has 14 heteroatoms. The number of hydrogen-bond donors (Lipinski definition) is 3. The SMILES string of the molecule is CC(=O)NCc1ccncc1.COc1cccc(C(=O)Nc2cc(-c3noc(-c4scnc4N)n3)c(F)cc2F)c1. The van der Waals surface area contributed by atoms with Crippen LogP contribution in [0, 0.1) is 11.6 Å². The molecule has 3 aromatic heterocycles. The molecule has 5 rings (SSSR count). The number of benzene rings is 2. The molecule has 0 fully saturated rings. The summed E-state index contributed by atoms with van der Waals surface area (Å²) < 4.78 is 38.8. The van der Waals surface area contributed by atoms with Crippen LogP contribution in [0.2, 0.25) is 0 Å². The molecule has 0 bridgehead atoms. The van der Waals surface area contributed by atoms with Crippen LogP contribution < -0.4 is 21.1 Å². The molecule has 0 radical (unpaired) electrons. The molecule has 5 aromatic rings. The first-order valence-electron chi connectivity index (χ1n) is 11.9. The van der Waals surface area contributed by atoms with Gasteiger partial charge in [-0.1, -0.05) is 11.2 Å². The maximum atomic E-state index is 14.4. The number of halogens is 2. The van der Waals surface area contributed by atoms with Crippen LogP contribution in [0.3, 0.4) is 0 Å². The fraction of sp³-hybridized carbons (Fsp3) is 0.111. The first kappa shape index (κ1) is 28.8. The third kappa shape index (κ3) is 7.45. The summed E-state index contributed by atoms with van der Waals surface area (Å²) in [6, 6.07) is 11.8. The van der Waals surface area contributed by atoms with Crippen molar-refractivity contribution in [3.05, 3.63) is 89.2 Å². The summed E-state index contributed by atoms with van der Waals surface area (Å²) in [7, 11) is 1.46. The first-order chi connectivity index (χ1) is 19.7. The zero-order chi connectivity index (χ0) is 29.4. The van der Waals surface area contributed by atoms with E-state index in [0.717, 1.165) is 11.6 Å². The number of pyridine rings is 1. The number of hydrogen-bond acceptors (Lipinski definition) is 10. The highest BCUT2D eigenvalue weighted by Gasteiger charge is 2.20. The zero-order valence-corrected chi connectivity index (χ0v) is 22.5. The summed E-state index contributed by atoms with van der Waals surface area (Å²) in [5.41, 5.74) is 8.11. The number of nitrogens with two attached hydrogens (primary N) is 1. The second kappa shape index (κ2) is 13.2. The molecule has 0 saturated heterocycles. The molecule has 11 nitrogen and oxygen atoms in total. The van der Waals surface area contributed by atoms with E-state index in [1.807, 2.05) is 12.1 Å². The van der Waals surface area contributed by atoms with E-state index in [2.05, 4.69) is 30.7 Å². The number of nitrogens with zero attached hydrogens (tertiary/aromatic N) is 4. The fourth-order valence-electron chi connectivity index (χ4n) is 3.34. The van der Waals surface area contributed by atoms with Gasteiger partial charge in [-0.05, 0) is 42.0 Å². The maximum Gasteiger partial charge on any atom is 0.272 e. The van der Waals surface area contributed by atoms with Crippen molar-refractivity contribution >= 4 is 34.7 Å². The van der Waals surface area contributed by atoms with Gasteiger partial charge < -0.3 is 25.6 Å². The molecule has 0 saturated carbocycles. The topological polar surface area (TPSA) is 158 Å². The second-order valence-corrected chi connectivity index (χ2v) is 9.11. The van der Waals surface area contributed by atoms with Crippen molar-refractivity contribution < 1.29 is 27.6 Å². The van der Waals surface area contributed by atoms with Crippen molar-refractivity contribution in [1.29, 1.82) is 0 Å². The number of carbonyl (C=O) groups is 2. The molecule has 0 unspecified atom stereocenters. The Labute approximate surface area is 236 Å². The van der Waals surface area contributed by atoms with Gasteiger partial charge in [-0.25, -0.2) is 13.8 Å². The Bertz CT molecular complexity index is 1660. The Kier molecular flexibility index (Phi) is 9.27. The molecule has 41 heavy (non-hydrogen) atoms. The zero-order valence-electron chi connectivity index (χ0n) is 21.7. The summed E-state index contributed by atoms with van der Waals surface area (Å²) >= 11 is 1.18. The summed E-state index contributed by atoms with van der Waals surface area (Å²) in [5.74, 6) is -1.91. The van der Waals surface area contributed by atoms with Gasteiger partial charge in [0.05, 0.1) is 23.9 Å². The molecular weight excluding hydrogens is 556 g/mol. The molecule has 210 valence electrons. The standard InChI is InChI=1S/C19H13F2N5O3S.C8H10N2O/c1-28-10-4-2-3-9(5-10)18(27)24-14-6-11(12(20)7-13(14)21)17-25-19(29-26-17)15-16(22)23-8-30-15;1-7(11)10-6-8-2-4-9-5-3-8/h2-8H,22H2,1H3,(H,24,27);2-5H,6H2,1H3,(H,10,11). The van der Waals surface area contributed by atoms with Crippen LogP contribution in [0.1, 0.15) is 22.8 Å². The number of amides is 2. The van der Waals surface area contributed by atoms with Crippen LogP contribution in [-0.2, 0) is 11.3 Å². The molecule has 0 aliphatic rings. The van der Waals surface area contributed by atoms with E-state index in [4.69, 9.17) is 15.0 Å². The lowest BCUT2D eigenvalue weighted by Gasteiger charge is -2.09. The second-order valence-electron chi connectivity index (χ2n) is 8.25. The minimum absolute atomic E-state index is 0.0122. The van der Waals surface area contributed by atoms with E-state index in [1.54, 1.807) is 24.5 Å². The first-order valence-corrected chi connectivity index (χ1v) is 12.7. The van der Waals surface area contributed by atoms with Crippen LogP contribution in [-0.4, -0.2) is 39.0 Å². The Morgan fingerprint density at radius 1 is 1.10 bits per heavy atom. The Morgan fingerprint density at radius 3 is 2.56 bits per heavy atom. The number of ether oxygens (including phenoxy) is 1. The molecular formula is C27H23F2N7O4S. The number of anilines is 2. The van der Waals surface area contributed by atoms with Gasteiger partial charge >= 0.3 is 0 Å². The number of aromatic nitrogens is 4. The highest BCUT2D eigenvalue weighted by atomic mass is 32.1. The van der Waals surface area contributed by atoms with E-state index in [9.17, 15) is 18.4 Å². The van der Waals surface area contributed by atoms with Crippen LogP contribution >= 0.6 is 11.3 Å². The Hall–Kier alpha value is -5.24. The van der Waals surface area contributed by atoms with Gasteiger partial charge in [0.2, 0.25) is 11.7 Å². The number of rotatable bonds is 7. The molecule has 0 spiro atoms. The number of methoxy groups -OCH3 is 1. The monoisotopic (exact) mass is 579 g/mol. The molecule has 2 aromatic carbocycles. The number of carbonyl (C=O) groups excluding carboxylic acids is 2. The van der Waals surface area contributed by atoms with Crippen molar-refractivity contribution in [2.75, 3.05) is 18.2 Å². The number of thiazole rings is 1. The normalized spacial score (nSPS) is 10.3. The van der Waals surface area contributed by atoms with E-state index < -0.39 is 17.5 Å². The van der Waals surface area contributed by atoms with Crippen molar-refractivity contribution in [2.45, 2.75) is 13.5 Å². The molecule has 2 amide bonds. The lowest BCUT2D eigenvalue weighted by molar-refractivity contribution is -0.119. The smallest absolute Gasteiger partial charge is 0.272 e. The quantitative estimate of drug-likeness (QED) is 0.248. The van der Waals surface area contributed by atoms with E-state index in [0.29, 0.717) is 23.2 Å². The largest absolute Gasteiger partial charge is 0.497 e. The van der Waals surface area contributed by atoms with Crippen LogP contribution in [0.4, 0.5) is 20.3 Å². The third-order valence-electron chi connectivity index (χ3n) is 5.38. The number of nitrogen functional groups attached to an aromatic ring is 1. The van der Waals surface area contributed by atoms with Gasteiger partial charge in [0.15, 0.2) is 0 Å². The van der Waals surface area contributed by atoms with Crippen LogP contribution in [0.15, 0.2) is 71.0 Å². The van der Waals surface area contributed by atoms with E-state index in [1.165, 1.54) is 43.0 Å².